The third-order valence-corrected chi connectivity index (χ3v) is 2.94. The SMILES string of the molecule is CN(C)C(=O)Cn1cc(-c2cc(OC(F)(F)F)ccc2O)cn1. The van der Waals surface area contributed by atoms with Crippen LogP contribution in [0.4, 0.5) is 13.2 Å². The molecule has 1 heterocycles. The number of halogens is 3. The Morgan fingerprint density at radius 3 is 2.70 bits per heavy atom. The summed E-state index contributed by atoms with van der Waals surface area (Å²) in [5.74, 6) is -0.876. The normalized spacial score (nSPS) is 11.3. The van der Waals surface area contributed by atoms with Gasteiger partial charge in [-0.15, -0.1) is 13.2 Å². The smallest absolute Gasteiger partial charge is 0.507 e. The third kappa shape index (κ3) is 4.38. The van der Waals surface area contributed by atoms with E-state index in [1.54, 1.807) is 14.1 Å². The molecule has 2 aromatic rings. The summed E-state index contributed by atoms with van der Waals surface area (Å²) in [4.78, 5) is 13.0. The quantitative estimate of drug-likeness (QED) is 0.934. The average molecular weight is 329 g/mol. The first-order valence-corrected chi connectivity index (χ1v) is 6.47. The van der Waals surface area contributed by atoms with Crippen LogP contribution < -0.4 is 4.74 Å². The number of hydrogen-bond donors (Lipinski definition) is 1. The lowest BCUT2D eigenvalue weighted by molar-refractivity contribution is -0.274. The number of amides is 1. The summed E-state index contributed by atoms with van der Waals surface area (Å²) in [6.45, 7) is -0.0213. The van der Waals surface area contributed by atoms with Crippen molar-refractivity contribution >= 4 is 5.91 Å². The zero-order chi connectivity index (χ0) is 17.2. The number of likely N-dealkylation sites (N-methyl/N-ethyl adjacent to an activating group) is 1. The van der Waals surface area contributed by atoms with E-state index in [-0.39, 0.29) is 23.8 Å². The van der Waals surface area contributed by atoms with Crippen LogP contribution in [-0.4, -0.2) is 46.2 Å². The molecule has 0 spiro atoms. The van der Waals surface area contributed by atoms with Crippen LogP contribution in [0, 0.1) is 0 Å². The highest BCUT2D eigenvalue weighted by Crippen LogP contribution is 2.34. The fraction of sp³-hybridized carbons (Fsp3) is 0.286. The van der Waals surface area contributed by atoms with E-state index in [0.717, 1.165) is 18.2 Å². The van der Waals surface area contributed by atoms with E-state index in [1.807, 2.05) is 0 Å². The number of nitrogens with zero attached hydrogens (tertiary/aromatic N) is 3. The summed E-state index contributed by atoms with van der Waals surface area (Å²) in [6.07, 6.45) is -2.03. The van der Waals surface area contributed by atoms with Crippen LogP contribution in [0.2, 0.25) is 0 Å². The number of hydrogen-bond acceptors (Lipinski definition) is 4. The molecule has 23 heavy (non-hydrogen) atoms. The fourth-order valence-corrected chi connectivity index (χ4v) is 1.81. The largest absolute Gasteiger partial charge is 0.573 e. The number of phenols is 1. The Bertz CT molecular complexity index is 711. The average Bonchev–Trinajstić information content (AvgIpc) is 2.87. The van der Waals surface area contributed by atoms with Gasteiger partial charge in [0.05, 0.1) is 6.20 Å². The standard InChI is InChI=1S/C14H14F3N3O3/c1-19(2)13(22)8-20-7-9(6-18-20)11-5-10(3-4-12(11)21)23-14(15,16)17/h3-7,21H,8H2,1-2H3. The highest BCUT2D eigenvalue weighted by Gasteiger charge is 2.31. The summed E-state index contributed by atoms with van der Waals surface area (Å²) >= 11 is 0. The van der Waals surface area contributed by atoms with Gasteiger partial charge < -0.3 is 14.7 Å². The molecule has 124 valence electrons. The molecular formula is C14H14F3N3O3. The maximum atomic E-state index is 12.3. The summed E-state index contributed by atoms with van der Waals surface area (Å²) in [6, 6.07) is 3.16. The van der Waals surface area contributed by atoms with E-state index >= 15 is 0 Å². The number of rotatable bonds is 4. The van der Waals surface area contributed by atoms with Crippen LogP contribution in [0.15, 0.2) is 30.6 Å². The molecule has 0 aliphatic heterocycles. The van der Waals surface area contributed by atoms with Gasteiger partial charge >= 0.3 is 6.36 Å². The van der Waals surface area contributed by atoms with Gasteiger partial charge in [0.2, 0.25) is 5.91 Å². The second kappa shape index (κ2) is 6.19. The Hall–Kier alpha value is -2.71. The first kappa shape index (κ1) is 16.7. The van der Waals surface area contributed by atoms with Crippen LogP contribution in [0.5, 0.6) is 11.5 Å². The van der Waals surface area contributed by atoms with Crippen LogP contribution in [0.3, 0.4) is 0 Å². The topological polar surface area (TPSA) is 67.6 Å². The lowest BCUT2D eigenvalue weighted by Gasteiger charge is -2.11. The molecule has 2 rings (SSSR count). The van der Waals surface area contributed by atoms with E-state index in [4.69, 9.17) is 0 Å². The number of alkyl halides is 3. The maximum absolute atomic E-state index is 12.3. The lowest BCUT2D eigenvalue weighted by Crippen LogP contribution is -2.26. The van der Waals surface area contributed by atoms with Crippen LogP contribution >= 0.6 is 0 Å². The molecule has 0 aliphatic rings. The van der Waals surface area contributed by atoms with Gasteiger partial charge in [-0.2, -0.15) is 5.10 Å². The van der Waals surface area contributed by atoms with E-state index < -0.39 is 12.1 Å². The molecular weight excluding hydrogens is 315 g/mol. The second-order valence-corrected chi connectivity index (χ2v) is 4.94. The minimum atomic E-state index is -4.82. The first-order chi connectivity index (χ1) is 10.7. The number of carbonyl (C=O) groups excluding carboxylic acids is 1. The van der Waals surface area contributed by atoms with Gasteiger partial charge in [0.15, 0.2) is 0 Å². The monoisotopic (exact) mass is 329 g/mol. The Morgan fingerprint density at radius 1 is 1.39 bits per heavy atom. The summed E-state index contributed by atoms with van der Waals surface area (Å²) in [5.41, 5.74) is 0.483. The van der Waals surface area contributed by atoms with Gasteiger partial charge in [-0.05, 0) is 18.2 Å². The molecule has 0 bridgehead atoms. The van der Waals surface area contributed by atoms with Crippen molar-refractivity contribution < 1.29 is 27.8 Å². The zero-order valence-corrected chi connectivity index (χ0v) is 12.3. The minimum Gasteiger partial charge on any atom is -0.507 e. The predicted octanol–water partition coefficient (Wildman–Crippen LogP) is 2.24. The van der Waals surface area contributed by atoms with Crippen molar-refractivity contribution in [3.63, 3.8) is 0 Å². The fourth-order valence-electron chi connectivity index (χ4n) is 1.81. The van der Waals surface area contributed by atoms with Gasteiger partial charge in [-0.1, -0.05) is 0 Å². The number of ether oxygens (including phenoxy) is 1. The number of phenolic OH excluding ortho intramolecular Hbond substituents is 1. The lowest BCUT2D eigenvalue weighted by atomic mass is 10.1. The van der Waals surface area contributed by atoms with Gasteiger partial charge in [0.25, 0.3) is 0 Å². The number of aromatic hydroxyl groups is 1. The molecule has 0 aliphatic carbocycles. The number of aromatic nitrogens is 2. The molecule has 1 amide bonds. The van der Waals surface area contributed by atoms with E-state index in [0.29, 0.717) is 5.56 Å². The van der Waals surface area contributed by atoms with Crippen molar-refractivity contribution in [1.82, 2.24) is 14.7 Å². The molecule has 1 aromatic carbocycles. The van der Waals surface area contributed by atoms with Crippen molar-refractivity contribution in [2.24, 2.45) is 0 Å². The van der Waals surface area contributed by atoms with Gasteiger partial charge in [-0.25, -0.2) is 0 Å². The second-order valence-electron chi connectivity index (χ2n) is 4.94. The van der Waals surface area contributed by atoms with Crippen molar-refractivity contribution in [2.45, 2.75) is 12.9 Å². The highest BCUT2D eigenvalue weighted by atomic mass is 19.4. The van der Waals surface area contributed by atoms with Gasteiger partial charge in [-0.3, -0.25) is 9.48 Å². The molecule has 0 unspecified atom stereocenters. The molecule has 0 radical (unpaired) electrons. The van der Waals surface area contributed by atoms with Crippen LogP contribution in [0.25, 0.3) is 11.1 Å². The van der Waals surface area contributed by atoms with E-state index in [1.165, 1.54) is 22.0 Å². The highest BCUT2D eigenvalue weighted by molar-refractivity contribution is 5.76. The van der Waals surface area contributed by atoms with E-state index in [2.05, 4.69) is 9.84 Å². The molecule has 1 aromatic heterocycles. The molecule has 0 atom stereocenters. The number of benzene rings is 1. The van der Waals surface area contributed by atoms with Crippen molar-refractivity contribution in [3.05, 3.63) is 30.6 Å². The molecule has 1 N–H and O–H groups in total. The number of carbonyl (C=O) groups is 1. The molecule has 6 nitrogen and oxygen atoms in total. The van der Waals surface area contributed by atoms with E-state index in [9.17, 15) is 23.1 Å². The Balaban J connectivity index is 2.26. The Labute approximate surface area is 129 Å². The Morgan fingerprint density at radius 2 is 2.09 bits per heavy atom. The van der Waals surface area contributed by atoms with Crippen molar-refractivity contribution in [2.75, 3.05) is 14.1 Å². The summed E-state index contributed by atoms with van der Waals surface area (Å²) in [5, 5.41) is 13.8. The van der Waals surface area contributed by atoms with Gasteiger partial charge in [0, 0.05) is 31.4 Å². The third-order valence-electron chi connectivity index (χ3n) is 2.94. The molecule has 0 saturated heterocycles. The molecule has 0 saturated carbocycles. The van der Waals surface area contributed by atoms with Crippen molar-refractivity contribution in [1.29, 1.82) is 0 Å². The zero-order valence-electron chi connectivity index (χ0n) is 12.3. The van der Waals surface area contributed by atoms with Crippen molar-refractivity contribution in [3.8, 4) is 22.6 Å². The van der Waals surface area contributed by atoms with Gasteiger partial charge in [0.1, 0.15) is 18.0 Å². The maximum Gasteiger partial charge on any atom is 0.573 e. The molecule has 0 fully saturated rings. The summed E-state index contributed by atoms with van der Waals surface area (Å²) < 4.78 is 41.9. The summed E-state index contributed by atoms with van der Waals surface area (Å²) in [7, 11) is 3.19. The minimum absolute atomic E-state index is 0.0213. The first-order valence-electron chi connectivity index (χ1n) is 6.47. The predicted molar refractivity (Wildman–Crippen MR) is 74.7 cm³/mol. The molecule has 9 heteroatoms. The van der Waals surface area contributed by atoms with Crippen LogP contribution in [-0.2, 0) is 11.3 Å². The Kier molecular flexibility index (Phi) is 4.48. The van der Waals surface area contributed by atoms with Crippen LogP contribution in [0.1, 0.15) is 0 Å².